The first-order valence-corrected chi connectivity index (χ1v) is 12.3. The number of hydrogen-bond donors (Lipinski definition) is 2. The molecule has 1 aromatic rings. The number of thioether (sulfide) groups is 1. The van der Waals surface area contributed by atoms with Crippen molar-refractivity contribution in [2.45, 2.75) is 19.9 Å². The molecular formula is C22H25ClN4O5S2. The summed E-state index contributed by atoms with van der Waals surface area (Å²) in [6.07, 6.45) is 3.31. The number of halogens is 1. The smallest absolute Gasteiger partial charge is 0.326 e. The van der Waals surface area contributed by atoms with Gasteiger partial charge in [-0.3, -0.25) is 14.5 Å². The van der Waals surface area contributed by atoms with Gasteiger partial charge in [0.25, 0.3) is 11.1 Å². The number of ether oxygens (including phenoxy) is 1. The number of carboxylic acids is 1. The van der Waals surface area contributed by atoms with Crippen LogP contribution < -0.4 is 10.2 Å². The number of nitrogens with one attached hydrogen (secondary N) is 1. The van der Waals surface area contributed by atoms with Gasteiger partial charge >= 0.3 is 5.97 Å². The van der Waals surface area contributed by atoms with Crippen molar-refractivity contribution >= 4 is 64.2 Å². The number of rotatable bonds is 9. The van der Waals surface area contributed by atoms with E-state index in [1.165, 1.54) is 4.90 Å². The lowest BCUT2D eigenvalue weighted by Gasteiger charge is -2.29. The fourth-order valence-electron chi connectivity index (χ4n) is 3.33. The zero-order valence-corrected chi connectivity index (χ0v) is 21.1. The Balaban J connectivity index is 1.62. The molecule has 2 saturated heterocycles. The summed E-state index contributed by atoms with van der Waals surface area (Å²) in [6, 6.07) is 5.88. The Labute approximate surface area is 212 Å². The van der Waals surface area contributed by atoms with Gasteiger partial charge < -0.3 is 25.0 Å². The Morgan fingerprint density at radius 3 is 2.68 bits per heavy atom. The maximum absolute atomic E-state index is 12.7. The molecule has 2 aliphatic rings. The van der Waals surface area contributed by atoms with Crippen LogP contribution in [0, 0.1) is 0 Å². The third kappa shape index (κ3) is 6.22. The average Bonchev–Trinajstić information content (AvgIpc) is 3.35. The van der Waals surface area contributed by atoms with E-state index < -0.39 is 12.0 Å². The molecule has 34 heavy (non-hydrogen) atoms. The van der Waals surface area contributed by atoms with Crippen LogP contribution >= 0.6 is 35.6 Å². The maximum atomic E-state index is 12.7. The van der Waals surface area contributed by atoms with Gasteiger partial charge in [0.2, 0.25) is 5.91 Å². The highest BCUT2D eigenvalue weighted by molar-refractivity contribution is 8.03. The lowest BCUT2D eigenvalue weighted by atomic mass is 10.2. The minimum Gasteiger partial charge on any atom is -0.480 e. The number of allylic oxidation sites excluding steroid dienone is 2. The Morgan fingerprint density at radius 2 is 2.06 bits per heavy atom. The van der Waals surface area contributed by atoms with E-state index in [4.69, 9.17) is 28.6 Å². The maximum Gasteiger partial charge on any atom is 0.326 e. The van der Waals surface area contributed by atoms with Crippen molar-refractivity contribution in [3.63, 3.8) is 0 Å². The Hall–Kier alpha value is -2.76. The normalized spacial score (nSPS) is 19.0. The highest BCUT2D eigenvalue weighted by atomic mass is 35.5. The van der Waals surface area contributed by atoms with Crippen LogP contribution in [0.15, 0.2) is 47.2 Å². The van der Waals surface area contributed by atoms with E-state index in [2.05, 4.69) is 5.32 Å². The second kappa shape index (κ2) is 11.6. The molecule has 9 nitrogen and oxygen atoms in total. The molecule has 12 heteroatoms. The van der Waals surface area contributed by atoms with E-state index in [-0.39, 0.29) is 36.0 Å². The average molecular weight is 525 g/mol. The van der Waals surface area contributed by atoms with Crippen LogP contribution in [0.1, 0.15) is 13.8 Å². The molecule has 0 radical (unpaired) electrons. The summed E-state index contributed by atoms with van der Waals surface area (Å²) >= 11 is 12.6. The molecule has 0 aliphatic carbocycles. The van der Waals surface area contributed by atoms with Gasteiger partial charge in [0, 0.05) is 29.6 Å². The molecule has 1 atom stereocenters. The summed E-state index contributed by atoms with van der Waals surface area (Å²) in [4.78, 5) is 41.3. The van der Waals surface area contributed by atoms with Gasteiger partial charge in [-0.2, -0.15) is 0 Å². The molecule has 0 bridgehead atoms. The molecule has 182 valence electrons. The highest BCUT2D eigenvalue weighted by Crippen LogP contribution is 2.28. The van der Waals surface area contributed by atoms with Gasteiger partial charge in [0.05, 0.1) is 18.2 Å². The molecule has 2 amide bonds. The Bertz CT molecular complexity index is 1030. The van der Waals surface area contributed by atoms with Gasteiger partial charge in [-0.15, -0.1) is 11.8 Å². The fraction of sp³-hybridized carbons (Fsp3) is 0.364. The lowest BCUT2D eigenvalue weighted by molar-refractivity contribution is -0.138. The predicted octanol–water partition coefficient (Wildman–Crippen LogP) is 2.63. The quantitative estimate of drug-likeness (QED) is 0.286. The summed E-state index contributed by atoms with van der Waals surface area (Å²) < 4.78 is 5.36. The molecule has 0 saturated carbocycles. The Morgan fingerprint density at radius 1 is 1.35 bits per heavy atom. The van der Waals surface area contributed by atoms with Crippen LogP contribution in [0.2, 0.25) is 5.02 Å². The summed E-state index contributed by atoms with van der Waals surface area (Å²) in [6.45, 7) is 4.56. The summed E-state index contributed by atoms with van der Waals surface area (Å²) in [5.41, 5.74) is 0.629. The van der Waals surface area contributed by atoms with Gasteiger partial charge in [-0.05, 0) is 62.5 Å². The number of carbonyl (C=O) groups excluding carboxylic acids is 2. The summed E-state index contributed by atoms with van der Waals surface area (Å²) in [7, 11) is 0. The number of carbonyl (C=O) groups is 3. The van der Waals surface area contributed by atoms with E-state index in [9.17, 15) is 19.5 Å². The fourth-order valence-corrected chi connectivity index (χ4v) is 4.78. The number of thiocarbonyl (C=S) groups is 1. The van der Waals surface area contributed by atoms with E-state index in [1.807, 2.05) is 11.8 Å². The predicted molar refractivity (Wildman–Crippen MR) is 135 cm³/mol. The molecule has 1 aromatic carbocycles. The van der Waals surface area contributed by atoms with E-state index in [0.717, 1.165) is 10.8 Å². The first kappa shape index (κ1) is 25.9. The van der Waals surface area contributed by atoms with Gasteiger partial charge in [-0.1, -0.05) is 11.6 Å². The van der Waals surface area contributed by atoms with Crippen LogP contribution in [0.3, 0.4) is 0 Å². The van der Waals surface area contributed by atoms with E-state index in [1.54, 1.807) is 60.0 Å². The second-order valence-electron chi connectivity index (χ2n) is 7.44. The molecule has 3 rings (SSSR count). The molecule has 2 aliphatic heterocycles. The Kier molecular flexibility index (Phi) is 8.81. The van der Waals surface area contributed by atoms with E-state index >= 15 is 0 Å². The van der Waals surface area contributed by atoms with Crippen LogP contribution in [-0.2, 0) is 19.1 Å². The topological polar surface area (TPSA) is 102 Å². The van der Waals surface area contributed by atoms with Crippen LogP contribution in [0.5, 0.6) is 0 Å². The monoisotopic (exact) mass is 524 g/mol. The molecule has 1 unspecified atom stereocenters. The standard InChI is InChI=1S/C22H25ClN4O5S2/c1-3-26-20(29)17(32-22(26)33)8-9-19-25(10-11-34-19)12-18(28)24-13-27(14(2)21(30)31)16-6-4-15(23)5-7-16/h4-9,14H,3,10-13H2,1-2H3,(H,24,28)(H,30,31)/b17-8-,19-9+. The largest absolute Gasteiger partial charge is 0.480 e. The first-order valence-electron chi connectivity index (χ1n) is 10.6. The van der Waals surface area contributed by atoms with Gasteiger partial charge in [0.1, 0.15) is 6.04 Å². The highest BCUT2D eigenvalue weighted by Gasteiger charge is 2.32. The number of amides is 2. The minimum atomic E-state index is -1.01. The lowest BCUT2D eigenvalue weighted by Crippen LogP contribution is -2.47. The van der Waals surface area contributed by atoms with Crippen molar-refractivity contribution in [1.82, 2.24) is 15.1 Å². The second-order valence-corrected chi connectivity index (χ2v) is 9.34. The third-order valence-electron chi connectivity index (χ3n) is 5.25. The molecule has 2 heterocycles. The van der Waals surface area contributed by atoms with Crippen molar-refractivity contribution in [2.75, 3.05) is 37.0 Å². The van der Waals surface area contributed by atoms with Crippen molar-refractivity contribution < 1.29 is 24.2 Å². The number of carboxylic acid groups (broad SMARTS) is 1. The van der Waals surface area contributed by atoms with Crippen LogP contribution in [0.25, 0.3) is 0 Å². The van der Waals surface area contributed by atoms with Crippen molar-refractivity contribution in [1.29, 1.82) is 0 Å². The molecule has 2 fully saturated rings. The third-order valence-corrected chi connectivity index (χ3v) is 6.89. The minimum absolute atomic E-state index is 0.0185. The SMILES string of the molecule is CCN1C(=O)/C(=C/C=C2/SCCN2CC(=O)NCN(c2ccc(Cl)cc2)C(C)C(=O)O)OC1=S. The number of hydrogen-bond acceptors (Lipinski definition) is 8. The van der Waals surface area contributed by atoms with Gasteiger partial charge in [0.15, 0.2) is 5.76 Å². The molecule has 2 N–H and O–H groups in total. The van der Waals surface area contributed by atoms with Crippen molar-refractivity contribution in [2.24, 2.45) is 0 Å². The number of benzene rings is 1. The molecule has 0 aromatic heterocycles. The number of anilines is 1. The molecule has 0 spiro atoms. The zero-order valence-electron chi connectivity index (χ0n) is 18.7. The van der Waals surface area contributed by atoms with E-state index in [0.29, 0.717) is 23.8 Å². The summed E-state index contributed by atoms with van der Waals surface area (Å²) in [5.74, 6) is -0.611. The number of nitrogens with zero attached hydrogens (tertiary/aromatic N) is 3. The zero-order chi connectivity index (χ0) is 24.8. The van der Waals surface area contributed by atoms with Crippen molar-refractivity contribution in [3.05, 3.63) is 52.2 Å². The molecular weight excluding hydrogens is 500 g/mol. The van der Waals surface area contributed by atoms with Crippen molar-refractivity contribution in [3.8, 4) is 0 Å². The van der Waals surface area contributed by atoms with Gasteiger partial charge in [-0.25, -0.2) is 4.79 Å². The number of likely N-dealkylation sites (N-methyl/N-ethyl adjacent to an activating group) is 1. The number of aliphatic carboxylic acids is 1. The first-order chi connectivity index (χ1) is 16.2. The van der Waals surface area contributed by atoms with Crippen LogP contribution in [0.4, 0.5) is 5.69 Å². The van der Waals surface area contributed by atoms with Crippen LogP contribution in [-0.4, -0.2) is 76.0 Å². The summed E-state index contributed by atoms with van der Waals surface area (Å²) in [5, 5.41) is 13.8.